The monoisotopic (exact) mass is 429 g/mol. The molecule has 0 spiro atoms. The molecule has 1 aromatic carbocycles. The fraction of sp³-hybridized carbons (Fsp3) is 0.650. The Morgan fingerprint density at radius 1 is 1.21 bits per heavy atom. The van der Waals surface area contributed by atoms with Crippen LogP contribution < -0.4 is 10.6 Å². The van der Waals surface area contributed by atoms with Crippen LogP contribution in [-0.4, -0.2) is 50.3 Å². The number of carbonyl (C=O) groups is 1. The van der Waals surface area contributed by atoms with Crippen molar-refractivity contribution in [2.75, 3.05) is 19.6 Å². The number of amides is 1. The molecule has 2 fully saturated rings. The molecule has 158 valence electrons. The number of benzene rings is 1. The van der Waals surface area contributed by atoms with Crippen molar-refractivity contribution < 1.29 is 13.2 Å². The molecule has 0 bridgehead atoms. The Labute approximate surface area is 174 Å². The Bertz CT molecular complexity index is 800. The third-order valence-corrected chi connectivity index (χ3v) is 7.96. The number of aryl methyl sites for hydroxylation is 1. The summed E-state index contributed by atoms with van der Waals surface area (Å²) >= 11 is 0. The van der Waals surface area contributed by atoms with Gasteiger partial charge in [0.25, 0.3) is 5.91 Å². The van der Waals surface area contributed by atoms with E-state index in [9.17, 15) is 13.2 Å². The summed E-state index contributed by atoms with van der Waals surface area (Å²) in [5.74, 6) is 0.202. The maximum absolute atomic E-state index is 13.1. The summed E-state index contributed by atoms with van der Waals surface area (Å²) in [5, 5.41) is 6.39. The number of piperidine rings is 2. The topological polar surface area (TPSA) is 78.5 Å². The lowest BCUT2D eigenvalue weighted by atomic mass is 9.94. The molecule has 3 atom stereocenters. The molecule has 3 rings (SSSR count). The SMILES string of the molecule is Cc1ccc(S(=O)(=O)N2CCCCC2C)cc1C(=O)NC1CNCCC1C.Cl. The lowest BCUT2D eigenvalue weighted by molar-refractivity contribution is 0.0914. The van der Waals surface area contributed by atoms with Crippen molar-refractivity contribution in [2.45, 2.75) is 63.4 Å². The normalized spacial score (nSPS) is 26.3. The van der Waals surface area contributed by atoms with Gasteiger partial charge in [-0.3, -0.25) is 4.79 Å². The Morgan fingerprint density at radius 3 is 2.64 bits per heavy atom. The van der Waals surface area contributed by atoms with Crippen molar-refractivity contribution in [3.8, 4) is 0 Å². The summed E-state index contributed by atoms with van der Waals surface area (Å²) in [4.78, 5) is 13.1. The summed E-state index contributed by atoms with van der Waals surface area (Å²) in [7, 11) is -3.59. The van der Waals surface area contributed by atoms with E-state index in [1.54, 1.807) is 22.5 Å². The molecular formula is C20H32ClN3O3S. The quantitative estimate of drug-likeness (QED) is 0.771. The number of hydrogen-bond acceptors (Lipinski definition) is 4. The van der Waals surface area contributed by atoms with Crippen LogP contribution in [0.2, 0.25) is 0 Å². The van der Waals surface area contributed by atoms with Crippen LogP contribution in [0.1, 0.15) is 55.5 Å². The van der Waals surface area contributed by atoms with Crippen molar-refractivity contribution in [1.82, 2.24) is 14.9 Å². The van der Waals surface area contributed by atoms with Crippen LogP contribution in [0.25, 0.3) is 0 Å². The smallest absolute Gasteiger partial charge is 0.251 e. The largest absolute Gasteiger partial charge is 0.348 e. The van der Waals surface area contributed by atoms with Gasteiger partial charge in [0.1, 0.15) is 0 Å². The minimum Gasteiger partial charge on any atom is -0.348 e. The van der Waals surface area contributed by atoms with E-state index in [-0.39, 0.29) is 35.3 Å². The van der Waals surface area contributed by atoms with Crippen LogP contribution in [0.5, 0.6) is 0 Å². The van der Waals surface area contributed by atoms with E-state index in [0.29, 0.717) is 18.0 Å². The van der Waals surface area contributed by atoms with Crippen LogP contribution in [0.4, 0.5) is 0 Å². The van der Waals surface area contributed by atoms with Gasteiger partial charge in [-0.15, -0.1) is 12.4 Å². The zero-order chi connectivity index (χ0) is 19.6. The molecule has 2 aliphatic rings. The fourth-order valence-corrected chi connectivity index (χ4v) is 5.73. The Kier molecular flexibility index (Phi) is 7.90. The molecule has 1 amide bonds. The highest BCUT2D eigenvalue weighted by atomic mass is 35.5. The summed E-state index contributed by atoms with van der Waals surface area (Å²) < 4.78 is 27.8. The van der Waals surface area contributed by atoms with Gasteiger partial charge in [0.15, 0.2) is 0 Å². The second-order valence-electron chi connectivity index (χ2n) is 7.99. The molecule has 2 aliphatic heterocycles. The van der Waals surface area contributed by atoms with Crippen molar-refractivity contribution in [1.29, 1.82) is 0 Å². The zero-order valence-corrected chi connectivity index (χ0v) is 18.5. The number of rotatable bonds is 4. The summed E-state index contributed by atoms with van der Waals surface area (Å²) in [6.07, 6.45) is 3.84. The van der Waals surface area contributed by atoms with Gasteiger partial charge in [0, 0.05) is 30.7 Å². The van der Waals surface area contributed by atoms with E-state index in [0.717, 1.165) is 44.3 Å². The van der Waals surface area contributed by atoms with Gasteiger partial charge in [-0.1, -0.05) is 19.4 Å². The molecule has 2 saturated heterocycles. The minimum absolute atomic E-state index is 0. The van der Waals surface area contributed by atoms with Gasteiger partial charge < -0.3 is 10.6 Å². The number of nitrogens with zero attached hydrogens (tertiary/aromatic N) is 1. The molecule has 0 radical (unpaired) electrons. The van der Waals surface area contributed by atoms with Gasteiger partial charge >= 0.3 is 0 Å². The predicted molar refractivity (Wildman–Crippen MR) is 114 cm³/mol. The average Bonchev–Trinajstić information content (AvgIpc) is 2.64. The van der Waals surface area contributed by atoms with E-state index < -0.39 is 10.0 Å². The number of halogens is 1. The molecular weight excluding hydrogens is 398 g/mol. The summed E-state index contributed by atoms with van der Waals surface area (Å²) in [5.41, 5.74) is 1.23. The zero-order valence-electron chi connectivity index (χ0n) is 16.9. The predicted octanol–water partition coefficient (Wildman–Crippen LogP) is 2.71. The van der Waals surface area contributed by atoms with Crippen molar-refractivity contribution >= 4 is 28.3 Å². The fourth-order valence-electron chi connectivity index (χ4n) is 4.00. The number of hydrogen-bond donors (Lipinski definition) is 2. The van der Waals surface area contributed by atoms with Gasteiger partial charge in [-0.2, -0.15) is 4.31 Å². The lowest BCUT2D eigenvalue weighted by Crippen LogP contribution is -2.50. The van der Waals surface area contributed by atoms with E-state index in [4.69, 9.17) is 0 Å². The maximum atomic E-state index is 13.1. The van der Waals surface area contributed by atoms with Gasteiger partial charge in [0.05, 0.1) is 4.90 Å². The Morgan fingerprint density at radius 2 is 1.96 bits per heavy atom. The van der Waals surface area contributed by atoms with Crippen molar-refractivity contribution in [2.24, 2.45) is 5.92 Å². The second-order valence-corrected chi connectivity index (χ2v) is 9.88. The second kappa shape index (κ2) is 9.57. The van der Waals surface area contributed by atoms with E-state index >= 15 is 0 Å². The summed E-state index contributed by atoms with van der Waals surface area (Å²) in [6.45, 7) is 8.19. The van der Waals surface area contributed by atoms with E-state index in [1.165, 1.54) is 0 Å². The highest BCUT2D eigenvalue weighted by Crippen LogP contribution is 2.26. The van der Waals surface area contributed by atoms with Crippen LogP contribution in [-0.2, 0) is 10.0 Å². The van der Waals surface area contributed by atoms with Gasteiger partial charge in [0.2, 0.25) is 10.0 Å². The third-order valence-electron chi connectivity index (χ3n) is 5.95. The van der Waals surface area contributed by atoms with Gasteiger partial charge in [-0.05, 0) is 63.3 Å². The van der Waals surface area contributed by atoms with Crippen molar-refractivity contribution in [3.63, 3.8) is 0 Å². The highest BCUT2D eigenvalue weighted by molar-refractivity contribution is 7.89. The first-order valence-corrected chi connectivity index (χ1v) is 11.4. The molecule has 0 aromatic heterocycles. The Balaban J connectivity index is 0.00000280. The molecule has 28 heavy (non-hydrogen) atoms. The molecule has 6 nitrogen and oxygen atoms in total. The Hall–Kier alpha value is -1.15. The lowest BCUT2D eigenvalue weighted by Gasteiger charge is -2.32. The van der Waals surface area contributed by atoms with Crippen LogP contribution >= 0.6 is 12.4 Å². The molecule has 2 N–H and O–H groups in total. The average molecular weight is 430 g/mol. The van der Waals surface area contributed by atoms with Crippen LogP contribution in [0, 0.1) is 12.8 Å². The molecule has 0 saturated carbocycles. The molecule has 3 unspecified atom stereocenters. The maximum Gasteiger partial charge on any atom is 0.251 e. The molecule has 8 heteroatoms. The van der Waals surface area contributed by atoms with Crippen LogP contribution in [0.15, 0.2) is 23.1 Å². The minimum atomic E-state index is -3.59. The van der Waals surface area contributed by atoms with Crippen molar-refractivity contribution in [3.05, 3.63) is 29.3 Å². The van der Waals surface area contributed by atoms with E-state index in [2.05, 4.69) is 17.6 Å². The van der Waals surface area contributed by atoms with Crippen LogP contribution in [0.3, 0.4) is 0 Å². The first kappa shape index (κ1) is 23.1. The standard InChI is InChI=1S/C20H31N3O3S.ClH/c1-14-7-8-17(27(25,26)23-11-5-4-6-16(23)3)12-18(14)20(24)22-19-13-21-10-9-15(19)2;/h7-8,12,15-16,19,21H,4-6,9-11,13H2,1-3H3,(H,22,24);1H. The van der Waals surface area contributed by atoms with Gasteiger partial charge in [-0.25, -0.2) is 8.42 Å². The first-order chi connectivity index (χ1) is 12.8. The number of sulfonamides is 1. The number of carbonyl (C=O) groups excluding carboxylic acids is 1. The molecule has 2 heterocycles. The van der Waals surface area contributed by atoms with E-state index in [1.807, 2.05) is 13.8 Å². The molecule has 0 aliphatic carbocycles. The molecule has 1 aromatic rings. The summed E-state index contributed by atoms with van der Waals surface area (Å²) in [6, 6.07) is 4.96. The third kappa shape index (κ3) is 4.87. The first-order valence-electron chi connectivity index (χ1n) is 9.95. The highest BCUT2D eigenvalue weighted by Gasteiger charge is 2.32. The number of nitrogens with one attached hydrogen (secondary N) is 2.